The summed E-state index contributed by atoms with van der Waals surface area (Å²) in [5.41, 5.74) is 22.1. The molecule has 0 saturated carbocycles. The van der Waals surface area contributed by atoms with Gasteiger partial charge in [-0.1, -0.05) is 198 Å². The first-order valence-corrected chi connectivity index (χ1v) is 34.0. The van der Waals surface area contributed by atoms with Crippen LogP contribution < -0.4 is 0 Å². The number of carbonyl (C=O) groups excluding carboxylic acids is 3. The van der Waals surface area contributed by atoms with Crippen LogP contribution in [0.1, 0.15) is 154 Å². The van der Waals surface area contributed by atoms with Crippen molar-refractivity contribution in [2.75, 3.05) is 0 Å². The summed E-state index contributed by atoms with van der Waals surface area (Å²) in [5.74, 6) is 2.37. The number of benzene rings is 6. The van der Waals surface area contributed by atoms with Crippen molar-refractivity contribution in [3.8, 4) is 67.7 Å². The SMILES string of the molecule is CC(=O)C=C(C)O.CC(=O)C=C(C)O.CC(=O)C=C(C)O.Cc1[c-]c(-c2ccc3cc(-c4c(C)cccc4C)oc3n2)cc(C(C)(C)C)c1.Cc1[c-]c(-c2ccc3cc(-c4ccc(C)cc4)oc3n2)cc(C(C)(C)C)c1.Cc1[c-]c(-c2ccc3cc(-c4ccccc4)oc3n2)cc(C(C)(C)C)c1.[Ir].[Ir].[Ir]. The van der Waals surface area contributed by atoms with Gasteiger partial charge in [0.1, 0.15) is 17.3 Å². The van der Waals surface area contributed by atoms with Crippen molar-refractivity contribution in [3.63, 3.8) is 0 Å². The van der Waals surface area contributed by atoms with E-state index < -0.39 is 0 Å². The van der Waals surface area contributed by atoms with Crippen LogP contribution in [-0.2, 0) is 90.9 Å². The van der Waals surface area contributed by atoms with Gasteiger partial charge in [-0.25, -0.2) is 0 Å². The van der Waals surface area contributed by atoms with Crippen LogP contribution in [0.4, 0.5) is 0 Å². The third-order valence-electron chi connectivity index (χ3n) is 15.9. The van der Waals surface area contributed by atoms with Gasteiger partial charge in [0, 0.05) is 111 Å². The number of hydrogen-bond donors (Lipinski definition) is 3. The van der Waals surface area contributed by atoms with Gasteiger partial charge in [-0.3, -0.25) is 29.3 Å². The summed E-state index contributed by atoms with van der Waals surface area (Å²) in [6, 6.07) is 66.8. The maximum atomic E-state index is 10.0. The molecular formula is C90H96Ir3N3O9-3. The fourth-order valence-electron chi connectivity index (χ4n) is 10.9. The van der Waals surface area contributed by atoms with Gasteiger partial charge in [-0.2, -0.15) is 0 Å². The average Bonchev–Trinajstić information content (AvgIpc) is 1.66. The van der Waals surface area contributed by atoms with Crippen LogP contribution in [0.5, 0.6) is 0 Å². The standard InChI is InChI=1S/C26H26NO.C25H24NO.C24H22NO.3C5H8O2.3Ir/c1-16-12-20(14-21(13-16)26(4,5)6)22-11-10-19-15-23(28-25(19)27-22)24-17(2)8-7-9-18(24)3;1-16-6-8-18(9-7-16)23-15-19-10-11-22(26-24(19)27-23)20-12-17(2)13-21(14-20)25(3,4)5;1-16-12-19(14-20(13-16)24(2,3)4)21-11-10-18-15-22(26-23(18)25-21)17-8-6-5-7-9-17;3*1-4(6)3-5(2)7;;;/h7-11,13-15H,1-6H3;6-11,13-15H,1-5H3;5-11,13-15H,1-4H3;3*3,6H,1-2H3;;;/q3*-1;;;;;;. The number of aliphatic hydroxyl groups is 3. The molecule has 6 aromatic heterocycles. The summed E-state index contributed by atoms with van der Waals surface area (Å²) in [5, 5.41) is 28.1. The molecule has 12 nitrogen and oxygen atoms in total. The molecule has 6 heterocycles. The quantitative estimate of drug-likeness (QED) is 0.0705. The number of rotatable bonds is 9. The van der Waals surface area contributed by atoms with Crippen molar-refractivity contribution >= 4 is 50.6 Å². The van der Waals surface area contributed by atoms with Gasteiger partial charge in [0.15, 0.2) is 17.3 Å². The van der Waals surface area contributed by atoms with E-state index in [0.717, 1.165) is 101 Å². The predicted molar refractivity (Wildman–Crippen MR) is 417 cm³/mol. The Balaban J connectivity index is 0.000000289. The second-order valence-corrected chi connectivity index (χ2v) is 28.9. The van der Waals surface area contributed by atoms with E-state index in [9.17, 15) is 14.4 Å². The number of fused-ring (bicyclic) bond motifs is 3. The summed E-state index contributed by atoms with van der Waals surface area (Å²) >= 11 is 0. The first kappa shape index (κ1) is 88.4. The molecule has 12 rings (SSSR count). The Morgan fingerprint density at radius 2 is 0.657 bits per heavy atom. The third-order valence-corrected chi connectivity index (χ3v) is 15.9. The number of ketones is 3. The molecule has 0 fully saturated rings. The van der Waals surface area contributed by atoms with Gasteiger partial charge in [-0.15, -0.1) is 105 Å². The van der Waals surface area contributed by atoms with Crippen LogP contribution >= 0.6 is 0 Å². The zero-order chi connectivity index (χ0) is 75.1. The zero-order valence-electron chi connectivity index (χ0n) is 64.0. The van der Waals surface area contributed by atoms with Crippen molar-refractivity contribution in [2.45, 2.75) is 162 Å². The van der Waals surface area contributed by atoms with Crippen LogP contribution in [0.15, 0.2) is 213 Å². The molecule has 15 heteroatoms. The number of pyridine rings is 3. The first-order chi connectivity index (χ1) is 47.8. The summed E-state index contributed by atoms with van der Waals surface area (Å²) in [6.45, 7) is 41.1. The Kier molecular flexibility index (Phi) is 32.7. The fraction of sp³-hybridized carbons (Fsp3) is 0.267. The number of aryl methyl sites for hydroxylation is 6. The monoisotopic (exact) mass is 1940 g/mol. The number of aliphatic hydroxyl groups excluding tert-OH is 3. The van der Waals surface area contributed by atoms with Gasteiger partial charge in [-0.05, 0) is 125 Å². The average molecular weight is 1940 g/mol. The number of allylic oxidation sites excluding steroid dienone is 6. The predicted octanol–water partition coefficient (Wildman–Crippen LogP) is 23.7. The summed E-state index contributed by atoms with van der Waals surface area (Å²) in [6.07, 6.45) is 3.50. The maximum Gasteiger partial charge on any atom is 0.217 e. The smallest absolute Gasteiger partial charge is 0.217 e. The molecule has 0 amide bonds. The molecule has 105 heavy (non-hydrogen) atoms. The van der Waals surface area contributed by atoms with Crippen LogP contribution in [-0.4, -0.2) is 47.6 Å². The first-order valence-electron chi connectivity index (χ1n) is 34.0. The van der Waals surface area contributed by atoms with Crippen LogP contribution in [0.3, 0.4) is 0 Å². The second kappa shape index (κ2) is 38.8. The van der Waals surface area contributed by atoms with Crippen molar-refractivity contribution < 1.29 is 103 Å². The number of furan rings is 3. The van der Waals surface area contributed by atoms with Crippen LogP contribution in [0.25, 0.3) is 101 Å². The minimum atomic E-state index is -0.125. The molecule has 0 atom stereocenters. The summed E-state index contributed by atoms with van der Waals surface area (Å²) in [4.78, 5) is 44.4. The number of hydrogen-bond acceptors (Lipinski definition) is 12. The summed E-state index contributed by atoms with van der Waals surface area (Å²) in [7, 11) is 0. The van der Waals surface area contributed by atoms with Gasteiger partial charge in [0.25, 0.3) is 0 Å². The minimum Gasteiger partial charge on any atom is -0.512 e. The van der Waals surface area contributed by atoms with E-state index in [0.29, 0.717) is 17.1 Å². The molecule has 555 valence electrons. The third kappa shape index (κ3) is 26.5. The van der Waals surface area contributed by atoms with E-state index in [2.05, 4.69) is 243 Å². The second-order valence-electron chi connectivity index (χ2n) is 28.9. The van der Waals surface area contributed by atoms with Gasteiger partial charge in [0.2, 0.25) is 17.1 Å². The van der Waals surface area contributed by atoms with E-state index in [1.807, 2.05) is 42.5 Å². The van der Waals surface area contributed by atoms with Crippen molar-refractivity contribution in [2.24, 2.45) is 0 Å². The molecular weight excluding hydrogens is 1840 g/mol. The van der Waals surface area contributed by atoms with Crippen molar-refractivity contribution in [1.29, 1.82) is 0 Å². The molecule has 0 saturated heterocycles. The van der Waals surface area contributed by atoms with Gasteiger partial charge >= 0.3 is 0 Å². The number of carbonyl (C=O) groups is 3. The Morgan fingerprint density at radius 1 is 0.362 bits per heavy atom. The Bertz CT molecular complexity index is 4950. The summed E-state index contributed by atoms with van der Waals surface area (Å²) < 4.78 is 18.3. The number of aromatic nitrogens is 3. The molecule has 0 bridgehead atoms. The molecule has 3 N–H and O–H groups in total. The molecule has 6 aromatic carbocycles. The Labute approximate surface area is 660 Å². The van der Waals surface area contributed by atoms with E-state index in [-0.39, 0.29) is 111 Å². The van der Waals surface area contributed by atoms with E-state index in [1.165, 1.54) is 93.2 Å². The van der Waals surface area contributed by atoms with E-state index >= 15 is 0 Å². The molecule has 0 aliphatic heterocycles. The largest absolute Gasteiger partial charge is 0.512 e. The van der Waals surface area contributed by atoms with Crippen LogP contribution in [0.2, 0.25) is 0 Å². The van der Waals surface area contributed by atoms with Gasteiger partial charge in [0.05, 0.1) is 17.3 Å². The van der Waals surface area contributed by atoms with Gasteiger partial charge < -0.3 is 28.6 Å². The molecule has 0 unspecified atom stereocenters. The Hall–Kier alpha value is -9.03. The van der Waals surface area contributed by atoms with Crippen LogP contribution in [0, 0.1) is 59.7 Å². The molecule has 0 spiro atoms. The van der Waals surface area contributed by atoms with Crippen molar-refractivity contribution in [1.82, 2.24) is 15.0 Å². The van der Waals surface area contributed by atoms with Crippen molar-refractivity contribution in [3.05, 3.63) is 268 Å². The topological polar surface area (TPSA) is 190 Å². The molecule has 0 aliphatic rings. The fourth-order valence-corrected chi connectivity index (χ4v) is 10.9. The Morgan fingerprint density at radius 3 is 0.943 bits per heavy atom. The minimum absolute atomic E-state index is 0. The van der Waals surface area contributed by atoms with E-state index in [4.69, 9.17) is 43.5 Å². The molecule has 3 radical (unpaired) electrons. The van der Waals surface area contributed by atoms with E-state index in [1.54, 1.807) is 0 Å². The molecule has 0 aliphatic carbocycles. The zero-order valence-corrected chi connectivity index (χ0v) is 71.1. The molecule has 12 aromatic rings. The normalized spacial score (nSPS) is 11.5. The maximum absolute atomic E-state index is 10.0. The number of nitrogens with zero attached hydrogens (tertiary/aromatic N) is 3.